The van der Waals surface area contributed by atoms with E-state index >= 15 is 0 Å². The molecule has 0 bridgehead atoms. The van der Waals surface area contributed by atoms with E-state index in [4.69, 9.17) is 9.47 Å². The zero-order valence-electron chi connectivity index (χ0n) is 17.0. The molecule has 0 spiro atoms. The van der Waals surface area contributed by atoms with Crippen LogP contribution in [-0.2, 0) is 29.9 Å². The first-order valence-corrected chi connectivity index (χ1v) is 11.3. The van der Waals surface area contributed by atoms with Crippen molar-refractivity contribution >= 4 is 28.6 Å². The van der Waals surface area contributed by atoms with Gasteiger partial charge in [0.15, 0.2) is 0 Å². The molecule has 2 aromatic rings. The number of amides is 1. The van der Waals surface area contributed by atoms with Crippen LogP contribution in [0.1, 0.15) is 35.6 Å². The molecule has 0 saturated carbocycles. The Morgan fingerprint density at radius 2 is 1.84 bits per heavy atom. The summed E-state index contributed by atoms with van der Waals surface area (Å²) in [5.74, 6) is -2.63. The number of carbonyl (C=O) groups is 3. The van der Waals surface area contributed by atoms with Crippen molar-refractivity contribution in [3.05, 3.63) is 76.3 Å². The lowest BCUT2D eigenvalue weighted by molar-refractivity contribution is -0.172. The van der Waals surface area contributed by atoms with Crippen LogP contribution in [0.4, 0.5) is 0 Å². The van der Waals surface area contributed by atoms with Gasteiger partial charge in [-0.2, -0.15) is 0 Å². The number of aliphatic hydroxyl groups is 1. The minimum atomic E-state index is -1.71. The van der Waals surface area contributed by atoms with Gasteiger partial charge in [-0.15, -0.1) is 0 Å². The van der Waals surface area contributed by atoms with Gasteiger partial charge in [-0.1, -0.05) is 36.4 Å². The lowest BCUT2D eigenvalue weighted by Gasteiger charge is -2.44. The Kier molecular flexibility index (Phi) is 4.94. The predicted octanol–water partition coefficient (Wildman–Crippen LogP) is 2.03. The van der Waals surface area contributed by atoms with Crippen LogP contribution in [0.25, 0.3) is 0 Å². The molecular weight excluding hydrogens is 434 g/mol. The summed E-state index contributed by atoms with van der Waals surface area (Å²) in [5, 5.41) is 10.0. The first kappa shape index (κ1) is 20.6. The number of aliphatic hydroxyl groups excluding tert-OH is 1. The van der Waals surface area contributed by atoms with E-state index in [0.717, 1.165) is 0 Å². The number of fused-ring (bicyclic) bond motifs is 2. The summed E-state index contributed by atoms with van der Waals surface area (Å²) < 4.78 is 24.0. The minimum Gasteiger partial charge on any atom is -0.417 e. The fourth-order valence-electron chi connectivity index (χ4n) is 4.43. The van der Waals surface area contributed by atoms with E-state index in [-0.39, 0.29) is 17.0 Å². The lowest BCUT2D eigenvalue weighted by Crippen LogP contribution is -2.61. The second-order valence-corrected chi connectivity index (χ2v) is 9.33. The molecule has 1 fully saturated rings. The van der Waals surface area contributed by atoms with E-state index in [0.29, 0.717) is 16.0 Å². The maximum atomic E-state index is 13.3. The van der Waals surface area contributed by atoms with Crippen LogP contribution in [0.2, 0.25) is 0 Å². The van der Waals surface area contributed by atoms with Gasteiger partial charge in [-0.25, -0.2) is 13.8 Å². The number of nitrogens with zero attached hydrogens (tertiary/aromatic N) is 1. The van der Waals surface area contributed by atoms with Crippen LogP contribution < -0.4 is 0 Å². The standard InChI is InChI=1S/C23H19NO7S/c1-12(25)18-16-11-17(32(29)13-7-3-2-4-8-13)19(24(16)20(18)26)22(28)31-23-15-10-6-5-9-14(15)21(27)30-23/h2-10,12,16,18,23,25H,11H2,1H3. The SMILES string of the molecule is CC(O)C1C(=O)N2C(C(=O)OC3OC(=O)c4ccccc43)=C(S(=O)c3ccccc3)CC12. The number of cyclic esters (lactones) is 1. The van der Waals surface area contributed by atoms with Gasteiger partial charge in [-0.05, 0) is 25.1 Å². The highest BCUT2D eigenvalue weighted by molar-refractivity contribution is 7.89. The molecular formula is C23H19NO7S. The number of benzene rings is 2. The molecule has 3 aliphatic heterocycles. The van der Waals surface area contributed by atoms with Crippen molar-refractivity contribution in [2.24, 2.45) is 5.92 Å². The molecule has 3 heterocycles. The molecule has 1 amide bonds. The van der Waals surface area contributed by atoms with E-state index < -0.39 is 53.0 Å². The molecule has 2 aromatic carbocycles. The van der Waals surface area contributed by atoms with Crippen LogP contribution >= 0.6 is 0 Å². The smallest absolute Gasteiger partial charge is 0.359 e. The van der Waals surface area contributed by atoms with Gasteiger partial charge < -0.3 is 19.5 Å². The third-order valence-corrected chi connectivity index (χ3v) is 7.43. The number of rotatable bonds is 5. The van der Waals surface area contributed by atoms with Crippen molar-refractivity contribution in [1.29, 1.82) is 0 Å². The van der Waals surface area contributed by atoms with Gasteiger partial charge in [0, 0.05) is 16.9 Å². The Balaban J connectivity index is 1.50. The summed E-state index contributed by atoms with van der Waals surface area (Å²) in [6.45, 7) is 1.51. The number of ether oxygens (including phenoxy) is 2. The van der Waals surface area contributed by atoms with Gasteiger partial charge >= 0.3 is 11.9 Å². The number of β-lactam (4-membered cyclic amide) rings is 1. The van der Waals surface area contributed by atoms with Crippen molar-refractivity contribution in [2.45, 2.75) is 36.7 Å². The first-order valence-electron chi connectivity index (χ1n) is 10.1. The summed E-state index contributed by atoms with van der Waals surface area (Å²) in [7, 11) is -1.71. The van der Waals surface area contributed by atoms with E-state index in [9.17, 15) is 23.7 Å². The highest BCUT2D eigenvalue weighted by Gasteiger charge is 2.58. The minimum absolute atomic E-state index is 0.112. The zero-order chi connectivity index (χ0) is 22.6. The fraction of sp³-hybridized carbons (Fsp3) is 0.261. The third-order valence-electron chi connectivity index (χ3n) is 5.93. The Bertz CT molecular complexity index is 1190. The quantitative estimate of drug-likeness (QED) is 0.545. The number of esters is 2. The monoisotopic (exact) mass is 453 g/mol. The summed E-state index contributed by atoms with van der Waals surface area (Å²) in [5.41, 5.74) is 0.592. The van der Waals surface area contributed by atoms with Crippen molar-refractivity contribution in [3.63, 3.8) is 0 Å². The van der Waals surface area contributed by atoms with Crippen molar-refractivity contribution < 1.29 is 33.2 Å². The number of hydrogen-bond donors (Lipinski definition) is 1. The molecule has 0 aromatic heterocycles. The maximum Gasteiger partial charge on any atom is 0.359 e. The Morgan fingerprint density at radius 3 is 2.56 bits per heavy atom. The van der Waals surface area contributed by atoms with Gasteiger partial charge in [-0.3, -0.25) is 4.79 Å². The second kappa shape index (κ2) is 7.68. The van der Waals surface area contributed by atoms with Crippen LogP contribution in [0, 0.1) is 5.92 Å². The number of carbonyl (C=O) groups excluding carboxylic acids is 3. The molecule has 5 unspecified atom stereocenters. The Hall–Kier alpha value is -3.30. The normalized spacial score (nSPS) is 25.6. The summed E-state index contributed by atoms with van der Waals surface area (Å²) >= 11 is 0. The van der Waals surface area contributed by atoms with E-state index in [1.165, 1.54) is 11.8 Å². The number of hydrogen-bond acceptors (Lipinski definition) is 7. The molecule has 164 valence electrons. The first-order chi connectivity index (χ1) is 15.4. The highest BCUT2D eigenvalue weighted by atomic mass is 32.2. The van der Waals surface area contributed by atoms with Crippen molar-refractivity contribution in [1.82, 2.24) is 4.90 Å². The predicted molar refractivity (Wildman–Crippen MR) is 111 cm³/mol. The molecule has 8 nitrogen and oxygen atoms in total. The lowest BCUT2D eigenvalue weighted by atomic mass is 9.83. The maximum absolute atomic E-state index is 13.3. The third kappa shape index (κ3) is 3.08. The van der Waals surface area contributed by atoms with Crippen molar-refractivity contribution in [2.75, 3.05) is 0 Å². The average Bonchev–Trinajstić information content (AvgIpc) is 3.29. The molecule has 9 heteroatoms. The second-order valence-electron chi connectivity index (χ2n) is 7.83. The van der Waals surface area contributed by atoms with Gasteiger partial charge in [0.25, 0.3) is 6.29 Å². The Labute approximate surface area is 185 Å². The molecule has 1 saturated heterocycles. The largest absolute Gasteiger partial charge is 0.417 e. The van der Waals surface area contributed by atoms with Crippen LogP contribution in [0.5, 0.6) is 0 Å². The van der Waals surface area contributed by atoms with Gasteiger partial charge in [0.05, 0.1) is 39.3 Å². The molecule has 1 N–H and O–H groups in total. The van der Waals surface area contributed by atoms with Crippen LogP contribution in [-0.4, -0.2) is 44.2 Å². The zero-order valence-corrected chi connectivity index (χ0v) is 17.8. The summed E-state index contributed by atoms with van der Waals surface area (Å²) in [6.07, 6.45) is -1.99. The molecule has 5 atom stereocenters. The van der Waals surface area contributed by atoms with Gasteiger partial charge in [0.1, 0.15) is 5.70 Å². The van der Waals surface area contributed by atoms with E-state index in [2.05, 4.69) is 0 Å². The molecule has 3 aliphatic rings. The molecule has 0 radical (unpaired) electrons. The summed E-state index contributed by atoms with van der Waals surface area (Å²) in [6, 6.07) is 14.7. The van der Waals surface area contributed by atoms with Crippen molar-refractivity contribution in [3.8, 4) is 0 Å². The summed E-state index contributed by atoms with van der Waals surface area (Å²) in [4.78, 5) is 40.0. The van der Waals surface area contributed by atoms with E-state index in [1.807, 2.05) is 0 Å². The molecule has 5 rings (SSSR count). The average molecular weight is 453 g/mol. The fourth-order valence-corrected chi connectivity index (χ4v) is 5.79. The van der Waals surface area contributed by atoms with Crippen LogP contribution in [0.15, 0.2) is 70.1 Å². The Morgan fingerprint density at radius 1 is 1.16 bits per heavy atom. The highest BCUT2D eigenvalue weighted by Crippen LogP contribution is 2.46. The van der Waals surface area contributed by atoms with Crippen LogP contribution in [0.3, 0.4) is 0 Å². The topological polar surface area (TPSA) is 110 Å². The van der Waals surface area contributed by atoms with Gasteiger partial charge in [0.2, 0.25) is 5.91 Å². The molecule has 0 aliphatic carbocycles. The van der Waals surface area contributed by atoms with E-state index in [1.54, 1.807) is 54.6 Å². The molecule has 32 heavy (non-hydrogen) atoms.